The van der Waals surface area contributed by atoms with E-state index in [-0.39, 0.29) is 23.9 Å². The predicted molar refractivity (Wildman–Crippen MR) is 84.1 cm³/mol. The van der Waals surface area contributed by atoms with Crippen molar-refractivity contribution in [1.29, 1.82) is 0 Å². The molecule has 2 unspecified atom stereocenters. The Balaban J connectivity index is 2.04. The molecule has 1 aromatic carbocycles. The van der Waals surface area contributed by atoms with Crippen LogP contribution in [0.2, 0.25) is 0 Å². The summed E-state index contributed by atoms with van der Waals surface area (Å²) >= 11 is 0. The lowest BCUT2D eigenvalue weighted by Crippen LogP contribution is -2.42. The fourth-order valence-electron chi connectivity index (χ4n) is 3.08. The van der Waals surface area contributed by atoms with E-state index in [9.17, 15) is 4.79 Å². The first-order valence-corrected chi connectivity index (χ1v) is 7.82. The van der Waals surface area contributed by atoms with Crippen molar-refractivity contribution >= 4 is 5.91 Å². The van der Waals surface area contributed by atoms with Gasteiger partial charge in [0.05, 0.1) is 19.1 Å². The van der Waals surface area contributed by atoms with Crippen molar-refractivity contribution in [3.8, 4) is 5.75 Å². The quantitative estimate of drug-likeness (QED) is 0.838. The highest BCUT2D eigenvalue weighted by Gasteiger charge is 2.28. The van der Waals surface area contributed by atoms with Crippen LogP contribution in [0, 0.1) is 5.92 Å². The standard InChI is InChI=1S/C17H26N2O2/c1-12(13-8-6-7-11-16(13)21-2)19-17(20)14-9-4-3-5-10-15(14)18/h6-8,11-12,14-15H,3-5,9-10,18H2,1-2H3,(H,19,20)/t12-,14?,15?/m1/s1. The summed E-state index contributed by atoms with van der Waals surface area (Å²) in [5, 5.41) is 3.10. The number of hydrogen-bond donors (Lipinski definition) is 2. The summed E-state index contributed by atoms with van der Waals surface area (Å²) < 4.78 is 5.36. The van der Waals surface area contributed by atoms with Crippen molar-refractivity contribution < 1.29 is 9.53 Å². The van der Waals surface area contributed by atoms with E-state index < -0.39 is 0 Å². The second kappa shape index (κ2) is 7.46. The van der Waals surface area contributed by atoms with Gasteiger partial charge < -0.3 is 15.8 Å². The molecule has 0 bridgehead atoms. The molecule has 0 heterocycles. The molecule has 21 heavy (non-hydrogen) atoms. The van der Waals surface area contributed by atoms with Crippen LogP contribution in [-0.2, 0) is 4.79 Å². The largest absolute Gasteiger partial charge is 0.496 e. The third-order valence-corrected chi connectivity index (χ3v) is 4.37. The third-order valence-electron chi connectivity index (χ3n) is 4.37. The maximum atomic E-state index is 12.5. The highest BCUT2D eigenvalue weighted by molar-refractivity contribution is 5.80. The molecule has 1 amide bonds. The molecule has 116 valence electrons. The predicted octanol–water partition coefficient (Wildman–Crippen LogP) is 2.78. The van der Waals surface area contributed by atoms with Gasteiger partial charge in [-0.15, -0.1) is 0 Å². The smallest absolute Gasteiger partial charge is 0.225 e. The third kappa shape index (κ3) is 3.97. The minimum absolute atomic E-state index is 0.0163. The van der Waals surface area contributed by atoms with E-state index in [1.54, 1.807) is 7.11 Å². The molecule has 4 nitrogen and oxygen atoms in total. The molecule has 0 aromatic heterocycles. The average molecular weight is 290 g/mol. The second-order valence-corrected chi connectivity index (χ2v) is 5.88. The summed E-state index contributed by atoms with van der Waals surface area (Å²) in [4.78, 5) is 12.5. The number of carbonyl (C=O) groups excluding carboxylic acids is 1. The van der Waals surface area contributed by atoms with E-state index in [1.165, 1.54) is 6.42 Å². The van der Waals surface area contributed by atoms with Gasteiger partial charge in [0.1, 0.15) is 5.75 Å². The molecule has 0 spiro atoms. The Morgan fingerprint density at radius 3 is 2.76 bits per heavy atom. The van der Waals surface area contributed by atoms with Gasteiger partial charge in [-0.1, -0.05) is 37.5 Å². The monoisotopic (exact) mass is 290 g/mol. The molecular weight excluding hydrogens is 264 g/mol. The minimum atomic E-state index is -0.0795. The molecule has 1 aromatic rings. The lowest BCUT2D eigenvalue weighted by Gasteiger charge is -2.24. The van der Waals surface area contributed by atoms with Crippen LogP contribution in [0.1, 0.15) is 50.6 Å². The number of amides is 1. The first kappa shape index (κ1) is 15.8. The Hall–Kier alpha value is -1.55. The molecule has 1 aliphatic rings. The minimum Gasteiger partial charge on any atom is -0.496 e. The molecule has 1 aliphatic carbocycles. The topological polar surface area (TPSA) is 64.3 Å². The van der Waals surface area contributed by atoms with Gasteiger partial charge in [-0.25, -0.2) is 0 Å². The Morgan fingerprint density at radius 2 is 2.00 bits per heavy atom. The number of nitrogens with two attached hydrogens (primary N) is 1. The van der Waals surface area contributed by atoms with Crippen molar-refractivity contribution in [2.45, 2.75) is 51.1 Å². The van der Waals surface area contributed by atoms with Gasteiger partial charge in [-0.3, -0.25) is 4.79 Å². The van der Waals surface area contributed by atoms with E-state index in [4.69, 9.17) is 10.5 Å². The van der Waals surface area contributed by atoms with Crippen LogP contribution < -0.4 is 15.8 Å². The zero-order valence-electron chi connectivity index (χ0n) is 13.0. The van der Waals surface area contributed by atoms with Crippen LogP contribution in [0.3, 0.4) is 0 Å². The zero-order valence-corrected chi connectivity index (χ0v) is 13.0. The normalized spacial score (nSPS) is 24.0. The number of nitrogens with one attached hydrogen (secondary N) is 1. The van der Waals surface area contributed by atoms with Gasteiger partial charge in [0.2, 0.25) is 5.91 Å². The van der Waals surface area contributed by atoms with Gasteiger partial charge in [0.15, 0.2) is 0 Å². The van der Waals surface area contributed by atoms with E-state index in [1.807, 2.05) is 31.2 Å². The summed E-state index contributed by atoms with van der Waals surface area (Å²) in [6.45, 7) is 1.98. The van der Waals surface area contributed by atoms with Crippen molar-refractivity contribution in [3.05, 3.63) is 29.8 Å². The fourth-order valence-corrected chi connectivity index (χ4v) is 3.08. The number of ether oxygens (including phenoxy) is 1. The zero-order chi connectivity index (χ0) is 15.2. The summed E-state index contributed by atoms with van der Waals surface area (Å²) in [7, 11) is 1.65. The van der Waals surface area contributed by atoms with Crippen molar-refractivity contribution in [3.63, 3.8) is 0 Å². The van der Waals surface area contributed by atoms with Gasteiger partial charge in [-0.2, -0.15) is 0 Å². The maximum Gasteiger partial charge on any atom is 0.225 e. The van der Waals surface area contributed by atoms with Crippen molar-refractivity contribution in [2.24, 2.45) is 11.7 Å². The van der Waals surface area contributed by atoms with Crippen molar-refractivity contribution in [1.82, 2.24) is 5.32 Å². The number of hydrogen-bond acceptors (Lipinski definition) is 3. The molecular formula is C17H26N2O2. The molecule has 1 fully saturated rings. The molecule has 0 radical (unpaired) electrons. The van der Waals surface area contributed by atoms with Gasteiger partial charge >= 0.3 is 0 Å². The number of para-hydroxylation sites is 1. The van der Waals surface area contributed by atoms with E-state index in [0.29, 0.717) is 0 Å². The summed E-state index contributed by atoms with van der Waals surface area (Å²) in [5.41, 5.74) is 7.16. The lowest BCUT2D eigenvalue weighted by atomic mass is 9.94. The molecule has 4 heteroatoms. The summed E-state index contributed by atoms with van der Waals surface area (Å²) in [6.07, 6.45) is 5.24. The van der Waals surface area contributed by atoms with E-state index >= 15 is 0 Å². The highest BCUT2D eigenvalue weighted by Crippen LogP contribution is 2.26. The van der Waals surface area contributed by atoms with Crippen LogP contribution in [0.4, 0.5) is 0 Å². The number of rotatable bonds is 4. The number of benzene rings is 1. The number of carbonyl (C=O) groups is 1. The molecule has 3 N–H and O–H groups in total. The highest BCUT2D eigenvalue weighted by atomic mass is 16.5. The molecule has 1 saturated carbocycles. The van der Waals surface area contributed by atoms with Gasteiger partial charge in [-0.05, 0) is 25.8 Å². The van der Waals surface area contributed by atoms with Gasteiger partial charge in [0.25, 0.3) is 0 Å². The Morgan fingerprint density at radius 1 is 1.29 bits per heavy atom. The van der Waals surface area contributed by atoms with Crippen molar-refractivity contribution in [2.75, 3.05) is 7.11 Å². The molecule has 0 saturated heterocycles. The van der Waals surface area contributed by atoms with Gasteiger partial charge in [0, 0.05) is 11.6 Å². The molecule has 2 rings (SSSR count). The van der Waals surface area contributed by atoms with Crippen LogP contribution >= 0.6 is 0 Å². The maximum absolute atomic E-state index is 12.5. The first-order valence-electron chi connectivity index (χ1n) is 7.82. The van der Waals surface area contributed by atoms with Crippen LogP contribution in [0.5, 0.6) is 5.75 Å². The average Bonchev–Trinajstić information content (AvgIpc) is 2.71. The fraction of sp³-hybridized carbons (Fsp3) is 0.588. The number of methoxy groups -OCH3 is 1. The SMILES string of the molecule is COc1ccccc1[C@@H](C)NC(=O)C1CCCCCC1N. The summed E-state index contributed by atoms with van der Waals surface area (Å²) in [6, 6.07) is 7.68. The van der Waals surface area contributed by atoms with Crippen LogP contribution in [-0.4, -0.2) is 19.1 Å². The lowest BCUT2D eigenvalue weighted by molar-refractivity contribution is -0.126. The second-order valence-electron chi connectivity index (χ2n) is 5.88. The molecule has 0 aliphatic heterocycles. The Labute approximate surface area is 127 Å². The van der Waals surface area contributed by atoms with Crippen LogP contribution in [0.15, 0.2) is 24.3 Å². The Bertz CT molecular complexity index is 476. The van der Waals surface area contributed by atoms with Crippen LogP contribution in [0.25, 0.3) is 0 Å². The molecule has 3 atom stereocenters. The summed E-state index contributed by atoms with van der Waals surface area (Å²) in [5.74, 6) is 0.808. The van der Waals surface area contributed by atoms with E-state index in [2.05, 4.69) is 5.32 Å². The first-order chi connectivity index (χ1) is 10.1. The van der Waals surface area contributed by atoms with E-state index in [0.717, 1.165) is 37.0 Å². The Kier molecular flexibility index (Phi) is 5.62.